The molecule has 1 aromatic heterocycles. The molecule has 3 aromatic rings. The fourth-order valence-electron chi connectivity index (χ4n) is 2.98. The number of benzene rings is 2. The number of hydrogen-bond donors (Lipinski definition) is 2. The highest BCUT2D eigenvalue weighted by atomic mass is 19.4. The third kappa shape index (κ3) is 5.51. The normalized spacial score (nSPS) is 13.4. The molecule has 0 spiro atoms. The molecule has 0 atom stereocenters. The predicted molar refractivity (Wildman–Crippen MR) is 110 cm³/mol. The van der Waals surface area contributed by atoms with E-state index in [4.69, 9.17) is 0 Å². The lowest BCUT2D eigenvalue weighted by molar-refractivity contribution is -0.274. The summed E-state index contributed by atoms with van der Waals surface area (Å²) < 4.78 is 80.2. The molecule has 33 heavy (non-hydrogen) atoms. The van der Waals surface area contributed by atoms with Crippen LogP contribution in [0, 0.1) is 6.92 Å². The Labute approximate surface area is 183 Å². The van der Waals surface area contributed by atoms with E-state index >= 15 is 0 Å². The number of anilines is 4. The Morgan fingerprint density at radius 1 is 0.788 bits per heavy atom. The van der Waals surface area contributed by atoms with Crippen LogP contribution in [0.4, 0.5) is 55.2 Å². The van der Waals surface area contributed by atoms with E-state index in [1.54, 1.807) is 12.1 Å². The standard InChI is InChI=1S/C21H15F6N5O/c1-11-2-4-12(5-3-11)29-19-18(28-13-6-8-14(9-7-13)33-21(25,26)27)30-15-10-16(20(22,23)24)31-17(15)32-19/h2-9H,10H2,1H3,(H,28,30)(H,29,32). The van der Waals surface area contributed by atoms with Crippen molar-refractivity contribution in [2.45, 2.75) is 25.9 Å². The number of nitrogens with zero attached hydrogens (tertiary/aromatic N) is 3. The Morgan fingerprint density at radius 2 is 1.33 bits per heavy atom. The number of alkyl halides is 6. The van der Waals surface area contributed by atoms with E-state index < -0.39 is 30.4 Å². The molecule has 0 saturated heterocycles. The van der Waals surface area contributed by atoms with E-state index in [0.717, 1.165) is 17.7 Å². The first kappa shape index (κ1) is 22.4. The summed E-state index contributed by atoms with van der Waals surface area (Å²) in [7, 11) is 0. The second kappa shape index (κ2) is 8.26. The third-order valence-electron chi connectivity index (χ3n) is 4.51. The molecule has 0 aliphatic carbocycles. The average Bonchev–Trinajstić information content (AvgIpc) is 3.14. The van der Waals surface area contributed by atoms with Crippen molar-refractivity contribution in [3.05, 3.63) is 59.8 Å². The molecule has 6 nitrogen and oxygen atoms in total. The SMILES string of the molecule is Cc1ccc(Nc2nc3c(nc2Nc2ccc(OC(F)(F)F)cc2)CC(C(F)(F)F)=N3)cc1. The maximum atomic E-state index is 13.1. The van der Waals surface area contributed by atoms with E-state index in [0.29, 0.717) is 11.4 Å². The van der Waals surface area contributed by atoms with Gasteiger partial charge in [-0.3, -0.25) is 0 Å². The Kier molecular flexibility index (Phi) is 5.60. The number of fused-ring (bicyclic) bond motifs is 1. The van der Waals surface area contributed by atoms with Crippen molar-refractivity contribution in [1.82, 2.24) is 9.97 Å². The first-order valence-electron chi connectivity index (χ1n) is 9.48. The van der Waals surface area contributed by atoms with Crippen LogP contribution in [0.1, 0.15) is 11.3 Å². The van der Waals surface area contributed by atoms with Gasteiger partial charge in [-0.1, -0.05) is 17.7 Å². The largest absolute Gasteiger partial charge is 0.573 e. The maximum Gasteiger partial charge on any atom is 0.573 e. The molecule has 0 fully saturated rings. The first-order chi connectivity index (χ1) is 15.5. The molecular formula is C21H15F6N5O. The summed E-state index contributed by atoms with van der Waals surface area (Å²) in [5.74, 6) is -0.399. The minimum absolute atomic E-state index is 0.0244. The van der Waals surface area contributed by atoms with Crippen LogP contribution in [-0.2, 0) is 6.42 Å². The number of nitrogens with one attached hydrogen (secondary N) is 2. The van der Waals surface area contributed by atoms with Gasteiger partial charge in [-0.15, -0.1) is 13.2 Å². The molecule has 2 N–H and O–H groups in total. The summed E-state index contributed by atoms with van der Waals surface area (Å²) in [6.07, 6.45) is -9.99. The van der Waals surface area contributed by atoms with Crippen LogP contribution in [0.15, 0.2) is 53.5 Å². The number of rotatable bonds is 5. The van der Waals surface area contributed by atoms with Crippen molar-refractivity contribution >= 4 is 34.5 Å². The van der Waals surface area contributed by atoms with E-state index in [1.165, 1.54) is 12.1 Å². The monoisotopic (exact) mass is 467 g/mol. The Morgan fingerprint density at radius 3 is 1.88 bits per heavy atom. The number of aliphatic imine (C=N–C) groups is 1. The molecule has 4 rings (SSSR count). The molecule has 1 aliphatic heterocycles. The van der Waals surface area contributed by atoms with Crippen molar-refractivity contribution in [3.63, 3.8) is 0 Å². The van der Waals surface area contributed by atoms with Crippen LogP contribution in [0.5, 0.6) is 5.75 Å². The Hall–Kier alpha value is -3.83. The van der Waals surface area contributed by atoms with E-state index in [-0.39, 0.29) is 23.1 Å². The van der Waals surface area contributed by atoms with Gasteiger partial charge in [0.15, 0.2) is 17.5 Å². The van der Waals surface area contributed by atoms with Gasteiger partial charge in [-0.2, -0.15) is 13.2 Å². The highest BCUT2D eigenvalue weighted by Crippen LogP contribution is 2.36. The molecule has 0 radical (unpaired) electrons. The van der Waals surface area contributed by atoms with Gasteiger partial charge in [0.1, 0.15) is 11.5 Å². The molecule has 0 amide bonds. The summed E-state index contributed by atoms with van der Waals surface area (Å²) in [5, 5.41) is 5.86. The molecule has 0 unspecified atom stereocenters. The van der Waals surface area contributed by atoms with E-state index in [2.05, 4.69) is 30.3 Å². The highest BCUT2D eigenvalue weighted by molar-refractivity contribution is 5.97. The van der Waals surface area contributed by atoms with Crippen molar-refractivity contribution in [1.29, 1.82) is 0 Å². The predicted octanol–water partition coefficient (Wildman–Crippen LogP) is 6.36. The topological polar surface area (TPSA) is 71.4 Å². The molecule has 2 aromatic carbocycles. The smallest absolute Gasteiger partial charge is 0.406 e. The van der Waals surface area contributed by atoms with Gasteiger partial charge in [0, 0.05) is 17.8 Å². The fraction of sp³-hybridized carbons (Fsp3) is 0.190. The third-order valence-corrected chi connectivity index (χ3v) is 4.51. The van der Waals surface area contributed by atoms with Crippen LogP contribution in [-0.4, -0.2) is 28.2 Å². The van der Waals surface area contributed by atoms with Crippen LogP contribution in [0.3, 0.4) is 0 Å². The summed E-state index contributed by atoms with van der Waals surface area (Å²) in [4.78, 5) is 12.0. The van der Waals surface area contributed by atoms with Crippen molar-refractivity contribution in [3.8, 4) is 5.75 Å². The lowest BCUT2D eigenvalue weighted by Crippen LogP contribution is -2.22. The maximum absolute atomic E-state index is 13.1. The van der Waals surface area contributed by atoms with Gasteiger partial charge < -0.3 is 15.4 Å². The molecule has 0 bridgehead atoms. The van der Waals surface area contributed by atoms with Gasteiger partial charge in [-0.05, 0) is 43.3 Å². The molecule has 2 heterocycles. The fourth-order valence-corrected chi connectivity index (χ4v) is 2.98. The van der Waals surface area contributed by atoms with Gasteiger partial charge in [-0.25, -0.2) is 15.0 Å². The summed E-state index contributed by atoms with van der Waals surface area (Å²) in [6.45, 7) is 1.89. The lowest BCUT2D eigenvalue weighted by atomic mass is 10.2. The number of aryl methyl sites for hydroxylation is 1. The van der Waals surface area contributed by atoms with Gasteiger partial charge in [0.05, 0.1) is 5.69 Å². The van der Waals surface area contributed by atoms with Crippen LogP contribution >= 0.6 is 0 Å². The molecule has 172 valence electrons. The quantitative estimate of drug-likeness (QED) is 0.427. The zero-order valence-electron chi connectivity index (χ0n) is 16.8. The van der Waals surface area contributed by atoms with Gasteiger partial charge in [0.25, 0.3) is 0 Å². The van der Waals surface area contributed by atoms with Crippen LogP contribution in [0.2, 0.25) is 0 Å². The lowest BCUT2D eigenvalue weighted by Gasteiger charge is -2.14. The number of halogens is 6. The summed E-state index contributed by atoms with van der Waals surface area (Å²) >= 11 is 0. The van der Waals surface area contributed by atoms with Crippen LogP contribution < -0.4 is 15.4 Å². The first-order valence-corrected chi connectivity index (χ1v) is 9.48. The summed E-state index contributed by atoms with van der Waals surface area (Å²) in [6, 6.07) is 12.0. The Balaban J connectivity index is 1.65. The second-order valence-corrected chi connectivity index (χ2v) is 7.11. The summed E-state index contributed by atoms with van der Waals surface area (Å²) in [5.41, 5.74) is 0.936. The van der Waals surface area contributed by atoms with Crippen molar-refractivity contribution < 1.29 is 31.1 Å². The van der Waals surface area contributed by atoms with Gasteiger partial charge >= 0.3 is 12.5 Å². The number of ether oxygens (including phenoxy) is 1. The number of hydrogen-bond acceptors (Lipinski definition) is 6. The minimum atomic E-state index is -4.83. The molecular weight excluding hydrogens is 452 g/mol. The molecule has 12 heteroatoms. The van der Waals surface area contributed by atoms with Crippen LogP contribution in [0.25, 0.3) is 0 Å². The highest BCUT2D eigenvalue weighted by Gasteiger charge is 2.40. The van der Waals surface area contributed by atoms with E-state index in [9.17, 15) is 26.3 Å². The number of aromatic nitrogens is 2. The zero-order valence-corrected chi connectivity index (χ0v) is 16.8. The second-order valence-electron chi connectivity index (χ2n) is 7.11. The zero-order chi connectivity index (χ0) is 23.8. The van der Waals surface area contributed by atoms with Crippen molar-refractivity contribution in [2.24, 2.45) is 4.99 Å². The molecule has 0 saturated carbocycles. The van der Waals surface area contributed by atoms with E-state index in [1.807, 2.05) is 19.1 Å². The molecule has 1 aliphatic rings. The van der Waals surface area contributed by atoms with Crippen molar-refractivity contribution in [2.75, 3.05) is 10.6 Å². The Bertz CT molecular complexity index is 1190. The van der Waals surface area contributed by atoms with Gasteiger partial charge in [0.2, 0.25) is 0 Å². The average molecular weight is 467 g/mol. The minimum Gasteiger partial charge on any atom is -0.406 e.